The van der Waals surface area contributed by atoms with Crippen LogP contribution in [-0.4, -0.2) is 42.8 Å². The van der Waals surface area contributed by atoms with Crippen molar-refractivity contribution in [2.45, 2.75) is 18.4 Å². The number of carbonyl (C=O) groups excluding carboxylic acids is 1. The van der Waals surface area contributed by atoms with E-state index in [9.17, 15) is 4.79 Å². The van der Waals surface area contributed by atoms with E-state index in [0.29, 0.717) is 12.2 Å². The maximum Gasteiger partial charge on any atom is 0.255 e. The fourth-order valence-electron chi connectivity index (χ4n) is 4.08. The number of carbonyl (C=O) groups is 1. The van der Waals surface area contributed by atoms with E-state index in [1.807, 2.05) is 30.3 Å². The van der Waals surface area contributed by atoms with Gasteiger partial charge in [-0.3, -0.25) is 4.79 Å². The number of hydrogen-bond donors (Lipinski definition) is 1. The van der Waals surface area contributed by atoms with Crippen LogP contribution in [0.15, 0.2) is 36.4 Å². The van der Waals surface area contributed by atoms with Crippen LogP contribution in [-0.2, 0) is 11.2 Å². The average Bonchev–Trinajstić information content (AvgIpc) is 3.24. The van der Waals surface area contributed by atoms with Gasteiger partial charge in [0.25, 0.3) is 5.91 Å². The standard InChI is InChI=1S/C21H19N3O3S/c25-19(14-1-3-17-13(9-14)5-7-26-17)22-15-2-4-18-16(10-15)23-20(28-18)24-11-21(12-24)6-8-27-21/h1-4,9-10H,5-8,11-12H2,(H,22,25). The molecule has 2 aromatic carbocycles. The van der Waals surface area contributed by atoms with Gasteiger partial charge in [-0.2, -0.15) is 0 Å². The molecule has 0 saturated carbocycles. The molecule has 142 valence electrons. The fourth-order valence-corrected chi connectivity index (χ4v) is 5.03. The number of rotatable bonds is 3. The van der Waals surface area contributed by atoms with Crippen LogP contribution in [0.4, 0.5) is 10.8 Å². The molecule has 3 aromatic rings. The third-order valence-corrected chi connectivity index (χ3v) is 6.88. The van der Waals surface area contributed by atoms with Gasteiger partial charge < -0.3 is 19.7 Å². The quantitative estimate of drug-likeness (QED) is 0.738. The summed E-state index contributed by atoms with van der Waals surface area (Å²) in [5.41, 5.74) is 3.51. The molecule has 6 nitrogen and oxygen atoms in total. The van der Waals surface area contributed by atoms with E-state index in [2.05, 4.69) is 10.2 Å². The van der Waals surface area contributed by atoms with E-state index in [-0.39, 0.29) is 11.5 Å². The molecule has 1 amide bonds. The summed E-state index contributed by atoms with van der Waals surface area (Å²) in [6.07, 6.45) is 2.01. The van der Waals surface area contributed by atoms with Crippen molar-refractivity contribution in [3.63, 3.8) is 0 Å². The molecule has 0 unspecified atom stereocenters. The smallest absolute Gasteiger partial charge is 0.255 e. The molecule has 3 aliphatic rings. The third-order valence-electron chi connectivity index (χ3n) is 5.78. The highest BCUT2D eigenvalue weighted by molar-refractivity contribution is 7.22. The van der Waals surface area contributed by atoms with Crippen LogP contribution >= 0.6 is 11.3 Å². The molecule has 2 saturated heterocycles. The Morgan fingerprint density at radius 2 is 2.07 bits per heavy atom. The molecule has 0 radical (unpaired) electrons. The molecule has 0 bridgehead atoms. The van der Waals surface area contributed by atoms with E-state index in [1.54, 1.807) is 17.4 Å². The minimum absolute atomic E-state index is 0.0951. The van der Waals surface area contributed by atoms with Crippen molar-refractivity contribution in [1.82, 2.24) is 4.98 Å². The first-order valence-electron chi connectivity index (χ1n) is 9.54. The Morgan fingerprint density at radius 1 is 1.18 bits per heavy atom. The van der Waals surface area contributed by atoms with Crippen molar-refractivity contribution in [1.29, 1.82) is 0 Å². The van der Waals surface area contributed by atoms with Crippen molar-refractivity contribution in [2.75, 3.05) is 36.5 Å². The van der Waals surface area contributed by atoms with Crippen molar-refractivity contribution in [2.24, 2.45) is 0 Å². The lowest BCUT2D eigenvalue weighted by molar-refractivity contribution is -0.160. The lowest BCUT2D eigenvalue weighted by Gasteiger charge is -2.55. The first kappa shape index (κ1) is 16.3. The maximum absolute atomic E-state index is 12.6. The number of aromatic nitrogens is 1. The lowest BCUT2D eigenvalue weighted by atomic mass is 9.87. The number of nitrogens with zero attached hydrogens (tertiary/aromatic N) is 2. The van der Waals surface area contributed by atoms with Gasteiger partial charge in [-0.25, -0.2) is 4.98 Å². The van der Waals surface area contributed by atoms with E-state index < -0.39 is 0 Å². The zero-order chi connectivity index (χ0) is 18.7. The Bertz CT molecular complexity index is 1100. The summed E-state index contributed by atoms with van der Waals surface area (Å²) < 4.78 is 12.3. The zero-order valence-electron chi connectivity index (χ0n) is 15.2. The predicted octanol–water partition coefficient (Wildman–Crippen LogP) is 3.46. The van der Waals surface area contributed by atoms with Crippen LogP contribution in [0.2, 0.25) is 0 Å². The summed E-state index contributed by atoms with van der Waals surface area (Å²) in [5, 5.41) is 4.02. The van der Waals surface area contributed by atoms with Crippen LogP contribution in [0.1, 0.15) is 22.3 Å². The number of hydrogen-bond acceptors (Lipinski definition) is 6. The van der Waals surface area contributed by atoms with Gasteiger partial charge >= 0.3 is 0 Å². The van der Waals surface area contributed by atoms with Crippen LogP contribution in [0.25, 0.3) is 10.2 Å². The molecule has 1 spiro atoms. The molecule has 0 aliphatic carbocycles. The van der Waals surface area contributed by atoms with Crippen LogP contribution in [0.5, 0.6) is 5.75 Å². The number of benzene rings is 2. The normalized spacial score (nSPS) is 19.1. The average molecular weight is 393 g/mol. The number of ether oxygens (including phenoxy) is 2. The summed E-state index contributed by atoms with van der Waals surface area (Å²) in [7, 11) is 0. The molecule has 4 heterocycles. The van der Waals surface area contributed by atoms with E-state index in [4.69, 9.17) is 14.5 Å². The lowest BCUT2D eigenvalue weighted by Crippen LogP contribution is -2.68. The van der Waals surface area contributed by atoms with Crippen LogP contribution in [0, 0.1) is 0 Å². The summed E-state index contributed by atoms with van der Waals surface area (Å²) >= 11 is 1.69. The molecular formula is C21H19N3O3S. The molecule has 0 atom stereocenters. The molecular weight excluding hydrogens is 374 g/mol. The molecule has 1 aromatic heterocycles. The minimum atomic E-state index is -0.115. The first-order valence-corrected chi connectivity index (χ1v) is 10.4. The van der Waals surface area contributed by atoms with Crippen molar-refractivity contribution in [3.8, 4) is 5.75 Å². The molecule has 3 aliphatic heterocycles. The van der Waals surface area contributed by atoms with Crippen molar-refractivity contribution < 1.29 is 14.3 Å². The third kappa shape index (κ3) is 2.57. The second-order valence-electron chi connectivity index (χ2n) is 7.69. The van der Waals surface area contributed by atoms with Gasteiger partial charge in [0, 0.05) is 24.1 Å². The molecule has 1 N–H and O–H groups in total. The highest BCUT2D eigenvalue weighted by Gasteiger charge is 2.49. The second kappa shape index (κ2) is 5.93. The molecule has 2 fully saturated rings. The number of thiazole rings is 1. The Hall–Kier alpha value is -2.64. The van der Waals surface area contributed by atoms with Gasteiger partial charge in [0.1, 0.15) is 11.4 Å². The largest absolute Gasteiger partial charge is 0.493 e. The van der Waals surface area contributed by atoms with E-state index >= 15 is 0 Å². The van der Waals surface area contributed by atoms with Crippen LogP contribution in [0.3, 0.4) is 0 Å². The monoisotopic (exact) mass is 393 g/mol. The van der Waals surface area contributed by atoms with Gasteiger partial charge in [-0.1, -0.05) is 11.3 Å². The number of fused-ring (bicyclic) bond motifs is 2. The molecule has 28 heavy (non-hydrogen) atoms. The Morgan fingerprint density at radius 3 is 2.89 bits per heavy atom. The van der Waals surface area contributed by atoms with Crippen molar-refractivity contribution >= 4 is 38.3 Å². The summed E-state index contributed by atoms with van der Waals surface area (Å²) in [6, 6.07) is 11.5. The highest BCUT2D eigenvalue weighted by Crippen LogP contribution is 2.41. The van der Waals surface area contributed by atoms with Gasteiger partial charge in [-0.05, 0) is 42.0 Å². The summed E-state index contributed by atoms with van der Waals surface area (Å²) in [4.78, 5) is 19.7. The van der Waals surface area contributed by atoms with E-state index in [0.717, 1.165) is 64.9 Å². The topological polar surface area (TPSA) is 63.7 Å². The number of anilines is 2. The summed E-state index contributed by atoms with van der Waals surface area (Å²) in [6.45, 7) is 3.43. The predicted molar refractivity (Wildman–Crippen MR) is 109 cm³/mol. The maximum atomic E-state index is 12.6. The Balaban J connectivity index is 1.20. The number of amides is 1. The second-order valence-corrected chi connectivity index (χ2v) is 8.70. The van der Waals surface area contributed by atoms with Crippen LogP contribution < -0.4 is 15.0 Å². The highest BCUT2D eigenvalue weighted by atomic mass is 32.1. The molecule has 6 rings (SSSR count). The van der Waals surface area contributed by atoms with Gasteiger partial charge in [0.15, 0.2) is 5.13 Å². The number of nitrogens with one attached hydrogen (secondary N) is 1. The Labute approximate surface area is 166 Å². The minimum Gasteiger partial charge on any atom is -0.493 e. The summed E-state index contributed by atoms with van der Waals surface area (Å²) in [5.74, 6) is 0.768. The Kier molecular flexibility index (Phi) is 3.46. The fraction of sp³-hybridized carbons (Fsp3) is 0.333. The van der Waals surface area contributed by atoms with Crippen molar-refractivity contribution in [3.05, 3.63) is 47.5 Å². The van der Waals surface area contributed by atoms with Gasteiger partial charge in [0.2, 0.25) is 0 Å². The zero-order valence-corrected chi connectivity index (χ0v) is 16.1. The van der Waals surface area contributed by atoms with E-state index in [1.165, 1.54) is 0 Å². The van der Waals surface area contributed by atoms with Gasteiger partial charge in [0.05, 0.1) is 36.5 Å². The molecule has 7 heteroatoms. The van der Waals surface area contributed by atoms with Gasteiger partial charge in [-0.15, -0.1) is 0 Å². The first-order chi connectivity index (χ1) is 13.7. The SMILES string of the molecule is O=C(Nc1ccc2sc(N3CC4(CCO4)C3)nc2c1)c1ccc2c(c1)CCO2.